The predicted molar refractivity (Wildman–Crippen MR) is 118 cm³/mol. The number of pyridine rings is 2. The van der Waals surface area contributed by atoms with E-state index in [-0.39, 0.29) is 5.03 Å². The summed E-state index contributed by atoms with van der Waals surface area (Å²) in [5.41, 5.74) is 2.18. The highest BCUT2D eigenvalue weighted by Gasteiger charge is 2.21. The third-order valence-corrected chi connectivity index (χ3v) is 6.72. The maximum absolute atomic E-state index is 13.8. The second-order valence-corrected chi connectivity index (χ2v) is 11.8. The molecule has 0 aliphatic carbocycles. The number of rotatable bonds is 4. The van der Waals surface area contributed by atoms with E-state index in [9.17, 15) is 17.0 Å². The van der Waals surface area contributed by atoms with Gasteiger partial charge in [0.05, 0.1) is 27.4 Å². The van der Waals surface area contributed by atoms with E-state index in [0.717, 1.165) is 6.26 Å². The lowest BCUT2D eigenvalue weighted by Gasteiger charge is -2.15. The first-order chi connectivity index (χ1) is 13.9. The fraction of sp³-hybridized carbons (Fsp3) is 0.286. The smallest absolute Gasteiger partial charge is 0.192 e. The molecule has 0 aliphatic rings. The molecule has 3 rings (SSSR count). The molecule has 6 nitrogen and oxygen atoms in total. The highest BCUT2D eigenvalue weighted by molar-refractivity contribution is 7.90. The number of benzene rings is 1. The summed E-state index contributed by atoms with van der Waals surface area (Å²) in [4.78, 5) is 8.86. The Labute approximate surface area is 177 Å². The highest BCUT2D eigenvalue weighted by atomic mass is 32.2. The average Bonchev–Trinajstić information content (AvgIpc) is 2.65. The summed E-state index contributed by atoms with van der Waals surface area (Å²) in [6.07, 6.45) is 1.08. The molecule has 1 atom stereocenters. The summed E-state index contributed by atoms with van der Waals surface area (Å²) in [7, 11) is -5.04. The summed E-state index contributed by atoms with van der Waals surface area (Å²) < 4.78 is 54.0. The number of hydrogen-bond donors (Lipinski definition) is 0. The minimum absolute atomic E-state index is 0.0850. The zero-order valence-corrected chi connectivity index (χ0v) is 18.9. The standard InChI is InChI=1S/C21H22FN3O3S2/c1-13(25-29(26)21(2,3)4)20-16(12-14-11-15(22)9-10-17(14)24-20)18-7-6-8-19(23-18)30(5,27)28/h6-12H,1-5H3/b25-13+/t29-/m1/s1. The molecule has 0 amide bonds. The van der Waals surface area contributed by atoms with Gasteiger partial charge < -0.3 is 0 Å². The molecule has 0 radical (unpaired) electrons. The van der Waals surface area contributed by atoms with Crippen LogP contribution >= 0.6 is 0 Å². The second-order valence-electron chi connectivity index (χ2n) is 7.89. The van der Waals surface area contributed by atoms with Gasteiger partial charge in [-0.1, -0.05) is 6.07 Å². The van der Waals surface area contributed by atoms with E-state index in [0.29, 0.717) is 33.6 Å². The van der Waals surface area contributed by atoms with Crippen molar-refractivity contribution in [1.29, 1.82) is 0 Å². The zero-order valence-electron chi connectivity index (χ0n) is 17.3. The lowest BCUT2D eigenvalue weighted by Crippen LogP contribution is -2.21. The Hall–Kier alpha value is -2.52. The van der Waals surface area contributed by atoms with Crippen molar-refractivity contribution in [2.24, 2.45) is 4.40 Å². The van der Waals surface area contributed by atoms with Crippen LogP contribution in [0.15, 0.2) is 51.9 Å². The van der Waals surface area contributed by atoms with Crippen molar-refractivity contribution >= 4 is 37.4 Å². The third-order valence-electron chi connectivity index (χ3n) is 4.24. The van der Waals surface area contributed by atoms with Crippen molar-refractivity contribution < 1.29 is 17.0 Å². The zero-order chi connectivity index (χ0) is 22.3. The Morgan fingerprint density at radius 2 is 1.80 bits per heavy atom. The normalized spacial score (nSPS) is 14.1. The van der Waals surface area contributed by atoms with Gasteiger partial charge in [-0.25, -0.2) is 27.0 Å². The first kappa shape index (κ1) is 22.2. The van der Waals surface area contributed by atoms with Gasteiger partial charge in [0.1, 0.15) is 16.8 Å². The fourth-order valence-electron chi connectivity index (χ4n) is 2.69. The molecule has 0 bridgehead atoms. The van der Waals surface area contributed by atoms with E-state index in [4.69, 9.17) is 0 Å². The Bertz CT molecular complexity index is 1300. The molecule has 158 valence electrons. The molecular formula is C21H22FN3O3S2. The van der Waals surface area contributed by atoms with Gasteiger partial charge in [0.15, 0.2) is 14.9 Å². The molecule has 0 aliphatic heterocycles. The summed E-state index contributed by atoms with van der Waals surface area (Å²) in [6.45, 7) is 7.13. The van der Waals surface area contributed by atoms with Gasteiger partial charge in [0.25, 0.3) is 0 Å². The molecule has 0 fully saturated rings. The molecule has 0 N–H and O–H groups in total. The Morgan fingerprint density at radius 1 is 1.10 bits per heavy atom. The van der Waals surface area contributed by atoms with Crippen LogP contribution in [0.2, 0.25) is 0 Å². The monoisotopic (exact) mass is 447 g/mol. The molecular weight excluding hydrogens is 425 g/mol. The molecule has 3 aromatic rings. The first-order valence-electron chi connectivity index (χ1n) is 9.12. The largest absolute Gasteiger partial charge is 0.246 e. The van der Waals surface area contributed by atoms with Crippen LogP contribution in [0, 0.1) is 5.82 Å². The van der Waals surface area contributed by atoms with E-state index >= 15 is 0 Å². The third kappa shape index (κ3) is 4.79. The van der Waals surface area contributed by atoms with Gasteiger partial charge >= 0.3 is 0 Å². The molecule has 9 heteroatoms. The topological polar surface area (TPSA) is 89.4 Å². The highest BCUT2D eigenvalue weighted by Crippen LogP contribution is 2.28. The summed E-state index contributed by atoms with van der Waals surface area (Å²) in [5, 5.41) is 0.447. The predicted octanol–water partition coefficient (Wildman–Crippen LogP) is 4.11. The van der Waals surface area contributed by atoms with Crippen LogP contribution in [0.3, 0.4) is 0 Å². The van der Waals surface area contributed by atoms with E-state index in [1.165, 1.54) is 18.2 Å². The lowest BCUT2D eigenvalue weighted by molar-refractivity contribution is 0.598. The van der Waals surface area contributed by atoms with E-state index < -0.39 is 31.4 Å². The van der Waals surface area contributed by atoms with Crippen molar-refractivity contribution in [3.63, 3.8) is 0 Å². The molecule has 0 spiro atoms. The molecule has 1 aromatic carbocycles. The lowest BCUT2D eigenvalue weighted by atomic mass is 10.0. The summed E-state index contributed by atoms with van der Waals surface area (Å²) in [6, 6.07) is 10.5. The van der Waals surface area contributed by atoms with Crippen LogP contribution in [0.25, 0.3) is 22.2 Å². The van der Waals surface area contributed by atoms with Crippen LogP contribution in [0.1, 0.15) is 33.4 Å². The maximum Gasteiger partial charge on any atom is 0.192 e. The van der Waals surface area contributed by atoms with Crippen LogP contribution in [-0.4, -0.2) is 39.3 Å². The number of nitrogens with zero attached hydrogens (tertiary/aromatic N) is 3. The molecule has 30 heavy (non-hydrogen) atoms. The van der Waals surface area contributed by atoms with Crippen LogP contribution < -0.4 is 0 Å². The van der Waals surface area contributed by atoms with Gasteiger partial charge in [-0.3, -0.25) is 0 Å². The minimum atomic E-state index is -3.52. The average molecular weight is 448 g/mol. The Kier molecular flexibility index (Phi) is 5.88. The number of halogens is 1. The first-order valence-corrected chi connectivity index (χ1v) is 12.1. The van der Waals surface area contributed by atoms with E-state index in [1.807, 2.05) is 20.8 Å². The van der Waals surface area contributed by atoms with Crippen molar-refractivity contribution in [3.05, 3.63) is 54.0 Å². The van der Waals surface area contributed by atoms with E-state index in [1.54, 1.807) is 31.2 Å². The van der Waals surface area contributed by atoms with E-state index in [2.05, 4.69) is 14.4 Å². The van der Waals surface area contributed by atoms with Crippen LogP contribution in [-0.2, 0) is 20.8 Å². The number of fused-ring (bicyclic) bond motifs is 1. The number of hydrogen-bond acceptors (Lipinski definition) is 5. The number of aromatic nitrogens is 2. The van der Waals surface area contributed by atoms with Crippen molar-refractivity contribution in [2.45, 2.75) is 37.5 Å². The van der Waals surface area contributed by atoms with Gasteiger partial charge in [0.2, 0.25) is 0 Å². The van der Waals surface area contributed by atoms with Gasteiger partial charge in [0, 0.05) is 17.2 Å². The fourth-order valence-corrected chi connectivity index (χ4v) is 3.89. The maximum atomic E-state index is 13.8. The quantitative estimate of drug-likeness (QED) is 0.562. The Morgan fingerprint density at radius 3 is 2.43 bits per heavy atom. The molecule has 0 unspecified atom stereocenters. The van der Waals surface area contributed by atoms with Crippen LogP contribution in [0.5, 0.6) is 0 Å². The van der Waals surface area contributed by atoms with Gasteiger partial charge in [-0.2, -0.15) is 4.40 Å². The SMILES string of the molecule is C/C(=N\[S@](=O)C(C)(C)C)c1nc2ccc(F)cc2cc1-c1cccc(S(C)(=O)=O)n1. The van der Waals surface area contributed by atoms with Crippen LogP contribution in [0.4, 0.5) is 4.39 Å². The molecule has 0 saturated heterocycles. The summed E-state index contributed by atoms with van der Waals surface area (Å²) in [5.74, 6) is -0.417. The summed E-state index contributed by atoms with van der Waals surface area (Å²) >= 11 is 0. The van der Waals surface area contributed by atoms with Gasteiger partial charge in [-0.15, -0.1) is 0 Å². The molecule has 2 aromatic heterocycles. The minimum Gasteiger partial charge on any atom is -0.246 e. The molecule has 2 heterocycles. The van der Waals surface area contributed by atoms with Crippen molar-refractivity contribution in [3.8, 4) is 11.3 Å². The molecule has 0 saturated carbocycles. The van der Waals surface area contributed by atoms with Crippen molar-refractivity contribution in [2.75, 3.05) is 6.26 Å². The number of sulfone groups is 1. The second kappa shape index (κ2) is 7.96. The van der Waals surface area contributed by atoms with Gasteiger partial charge in [-0.05, 0) is 64.1 Å². The van der Waals surface area contributed by atoms with Crippen molar-refractivity contribution in [1.82, 2.24) is 9.97 Å². The Balaban J connectivity index is 2.30.